The zero-order valence-electron chi connectivity index (χ0n) is 13.4. The van der Waals surface area contributed by atoms with Gasteiger partial charge in [0.15, 0.2) is 0 Å². The lowest BCUT2D eigenvalue weighted by molar-refractivity contribution is -0.384. The maximum absolute atomic E-state index is 12.4. The molecule has 0 bridgehead atoms. The largest absolute Gasteiger partial charge is 0.465 e. The number of nitro benzene ring substituents is 1. The number of esters is 2. The Morgan fingerprint density at radius 3 is 2.19 bits per heavy atom. The summed E-state index contributed by atoms with van der Waals surface area (Å²) >= 11 is 1.78. The van der Waals surface area contributed by atoms with E-state index in [9.17, 15) is 24.5 Å². The van der Waals surface area contributed by atoms with E-state index < -0.39 is 22.8 Å². The van der Waals surface area contributed by atoms with Crippen molar-refractivity contribution in [2.45, 2.75) is 0 Å². The lowest BCUT2D eigenvalue weighted by Crippen LogP contribution is -2.08. The predicted octanol–water partition coefficient (Wildman–Crippen LogP) is 2.25. The predicted molar refractivity (Wildman–Crippen MR) is 94.9 cm³/mol. The number of rotatable bonds is 3. The van der Waals surface area contributed by atoms with E-state index in [0.29, 0.717) is 15.5 Å². The number of hydrogen-bond acceptors (Lipinski definition) is 9. The number of anilines is 1. The van der Waals surface area contributed by atoms with Crippen LogP contribution in [0.25, 0.3) is 5.57 Å². The molecule has 0 saturated heterocycles. The maximum atomic E-state index is 12.4. The third-order valence-electron chi connectivity index (χ3n) is 3.50. The molecule has 0 aliphatic carbocycles. The van der Waals surface area contributed by atoms with E-state index >= 15 is 0 Å². The fraction of sp³-hybridized carbons (Fsp3) is 0.133. The van der Waals surface area contributed by atoms with Crippen LogP contribution in [-0.2, 0) is 23.9 Å². The SMILES string of the molecule is COC(=O)C1=C(C(=O)OC)SC(=C2C(=O)Nc3ccc([N+](=O)[O-])cc32)S1. The minimum Gasteiger partial charge on any atom is -0.465 e. The highest BCUT2D eigenvalue weighted by Gasteiger charge is 2.38. The summed E-state index contributed by atoms with van der Waals surface area (Å²) in [7, 11) is 2.34. The van der Waals surface area contributed by atoms with E-state index in [1.54, 1.807) is 0 Å². The zero-order valence-corrected chi connectivity index (χ0v) is 15.0. The Hall–Kier alpha value is -2.79. The van der Waals surface area contributed by atoms with E-state index in [-0.39, 0.29) is 21.1 Å². The van der Waals surface area contributed by atoms with E-state index in [2.05, 4.69) is 14.8 Å². The Labute approximate surface area is 154 Å². The topological polar surface area (TPSA) is 125 Å². The van der Waals surface area contributed by atoms with Crippen LogP contribution in [0.4, 0.5) is 11.4 Å². The summed E-state index contributed by atoms with van der Waals surface area (Å²) in [6, 6.07) is 3.98. The fourth-order valence-corrected chi connectivity index (χ4v) is 4.91. The number of carbonyl (C=O) groups is 3. The summed E-state index contributed by atoms with van der Waals surface area (Å²) in [5.74, 6) is -1.96. The number of carbonyl (C=O) groups excluding carboxylic acids is 3. The van der Waals surface area contributed by atoms with Gasteiger partial charge in [-0.3, -0.25) is 14.9 Å². The molecule has 26 heavy (non-hydrogen) atoms. The van der Waals surface area contributed by atoms with Crippen molar-refractivity contribution in [2.75, 3.05) is 19.5 Å². The van der Waals surface area contributed by atoms with Gasteiger partial charge in [0.05, 0.1) is 29.0 Å². The molecule has 2 aliphatic heterocycles. The number of benzene rings is 1. The lowest BCUT2D eigenvalue weighted by atomic mass is 10.1. The molecule has 0 fully saturated rings. The van der Waals surface area contributed by atoms with E-state index in [1.165, 1.54) is 32.4 Å². The van der Waals surface area contributed by atoms with Crippen molar-refractivity contribution in [3.63, 3.8) is 0 Å². The van der Waals surface area contributed by atoms with E-state index in [1.807, 2.05) is 0 Å². The summed E-state index contributed by atoms with van der Waals surface area (Å²) in [5.41, 5.74) is 0.713. The van der Waals surface area contributed by atoms with Crippen molar-refractivity contribution in [3.05, 3.63) is 47.9 Å². The molecule has 0 saturated carbocycles. The highest BCUT2D eigenvalue weighted by Crippen LogP contribution is 2.54. The van der Waals surface area contributed by atoms with Gasteiger partial charge in [-0.05, 0) is 6.07 Å². The van der Waals surface area contributed by atoms with Gasteiger partial charge in [0.2, 0.25) is 0 Å². The van der Waals surface area contributed by atoms with Crippen LogP contribution < -0.4 is 5.32 Å². The molecule has 1 amide bonds. The Morgan fingerprint density at radius 2 is 1.69 bits per heavy atom. The zero-order chi connectivity index (χ0) is 19.0. The average molecular weight is 394 g/mol. The number of amides is 1. The maximum Gasteiger partial charge on any atom is 0.346 e. The molecule has 3 rings (SSSR count). The first-order valence-corrected chi connectivity index (χ1v) is 8.61. The van der Waals surface area contributed by atoms with Crippen LogP contribution in [0.5, 0.6) is 0 Å². The Kier molecular flexibility index (Phi) is 4.74. The second-order valence-corrected chi connectivity index (χ2v) is 7.25. The number of hydrogen-bond donors (Lipinski definition) is 1. The normalized spacial score (nSPS) is 15.7. The molecule has 2 heterocycles. The van der Waals surface area contributed by atoms with Gasteiger partial charge in [-0.15, -0.1) is 0 Å². The second kappa shape index (κ2) is 6.84. The number of nitro groups is 1. The number of ether oxygens (including phenoxy) is 2. The van der Waals surface area contributed by atoms with Gasteiger partial charge in [-0.2, -0.15) is 0 Å². The summed E-state index contributed by atoms with van der Waals surface area (Å²) in [6.07, 6.45) is 0. The molecule has 0 atom stereocenters. The van der Waals surface area contributed by atoms with Crippen molar-refractivity contribution in [3.8, 4) is 0 Å². The molecule has 0 spiro atoms. The van der Waals surface area contributed by atoms with Crippen LogP contribution in [-0.4, -0.2) is 37.0 Å². The molecule has 11 heteroatoms. The van der Waals surface area contributed by atoms with E-state index in [4.69, 9.17) is 0 Å². The summed E-state index contributed by atoms with van der Waals surface area (Å²) in [4.78, 5) is 46.7. The molecule has 0 aromatic heterocycles. The smallest absolute Gasteiger partial charge is 0.346 e. The number of nitrogens with one attached hydrogen (secondary N) is 1. The van der Waals surface area contributed by atoms with Gasteiger partial charge < -0.3 is 14.8 Å². The quantitative estimate of drug-likeness (QED) is 0.355. The molecule has 1 aromatic carbocycles. The number of methoxy groups -OCH3 is 2. The molecule has 0 radical (unpaired) electrons. The molecule has 1 aromatic rings. The standard InChI is InChI=1S/C15H10N2O7S2/c1-23-13(19)10-11(14(20)24-2)26-15(25-10)9-7-5-6(17(21)22)3-4-8(7)16-12(9)18/h3-5H,1-2H3,(H,16,18). The second-order valence-electron chi connectivity index (χ2n) is 4.95. The van der Waals surface area contributed by atoms with Gasteiger partial charge in [-0.25, -0.2) is 9.59 Å². The van der Waals surface area contributed by atoms with Gasteiger partial charge in [0.25, 0.3) is 11.6 Å². The molecule has 2 aliphatic rings. The van der Waals surface area contributed by atoms with Crippen molar-refractivity contribution >= 4 is 58.3 Å². The summed E-state index contributed by atoms with van der Waals surface area (Å²) in [6.45, 7) is 0. The lowest BCUT2D eigenvalue weighted by Gasteiger charge is -2.03. The Morgan fingerprint density at radius 1 is 1.12 bits per heavy atom. The van der Waals surface area contributed by atoms with Crippen LogP contribution in [0.15, 0.2) is 32.2 Å². The highest BCUT2D eigenvalue weighted by molar-refractivity contribution is 8.29. The first-order chi connectivity index (χ1) is 12.4. The van der Waals surface area contributed by atoms with Crippen LogP contribution >= 0.6 is 23.5 Å². The molecule has 9 nitrogen and oxygen atoms in total. The Balaban J connectivity index is 2.10. The minimum absolute atomic E-state index is 0.00136. The highest BCUT2D eigenvalue weighted by atomic mass is 32.2. The first kappa shape index (κ1) is 18.0. The van der Waals surface area contributed by atoms with Gasteiger partial charge >= 0.3 is 11.9 Å². The molecule has 134 valence electrons. The average Bonchev–Trinajstić information content (AvgIpc) is 3.19. The molecular formula is C15H10N2O7S2. The van der Waals surface area contributed by atoms with Crippen LogP contribution in [0.2, 0.25) is 0 Å². The molecule has 0 unspecified atom stereocenters. The summed E-state index contributed by atoms with van der Waals surface area (Å²) < 4.78 is 9.67. The van der Waals surface area contributed by atoms with Crippen LogP contribution in [0.3, 0.4) is 0 Å². The van der Waals surface area contributed by atoms with Gasteiger partial charge in [0, 0.05) is 23.4 Å². The number of thioether (sulfide) groups is 2. The van der Waals surface area contributed by atoms with Gasteiger partial charge in [0.1, 0.15) is 9.81 Å². The number of fused-ring (bicyclic) bond motifs is 1. The summed E-state index contributed by atoms with van der Waals surface area (Å²) in [5, 5.41) is 13.6. The number of nitrogens with zero attached hydrogens (tertiary/aromatic N) is 1. The number of non-ortho nitro benzene ring substituents is 1. The van der Waals surface area contributed by atoms with Crippen molar-refractivity contribution < 1.29 is 28.8 Å². The van der Waals surface area contributed by atoms with Crippen molar-refractivity contribution in [1.29, 1.82) is 0 Å². The van der Waals surface area contributed by atoms with Crippen LogP contribution in [0, 0.1) is 10.1 Å². The van der Waals surface area contributed by atoms with E-state index in [0.717, 1.165) is 23.5 Å². The fourth-order valence-electron chi connectivity index (χ4n) is 2.33. The first-order valence-electron chi connectivity index (χ1n) is 6.98. The third-order valence-corrected chi connectivity index (χ3v) is 6.06. The molecular weight excluding hydrogens is 384 g/mol. The monoisotopic (exact) mass is 394 g/mol. The minimum atomic E-state index is -0.740. The van der Waals surface area contributed by atoms with Crippen molar-refractivity contribution in [2.24, 2.45) is 0 Å². The van der Waals surface area contributed by atoms with Crippen molar-refractivity contribution in [1.82, 2.24) is 0 Å². The van der Waals surface area contributed by atoms with Crippen LogP contribution in [0.1, 0.15) is 5.56 Å². The van der Waals surface area contributed by atoms with Gasteiger partial charge in [-0.1, -0.05) is 23.5 Å². The third kappa shape index (κ3) is 2.95. The molecule has 1 N–H and O–H groups in total. The Bertz CT molecular complexity index is 906.